The topological polar surface area (TPSA) is 76.6 Å². The van der Waals surface area contributed by atoms with Gasteiger partial charge in [0.15, 0.2) is 0 Å². The minimum Gasteiger partial charge on any atom is -0.494 e. The lowest BCUT2D eigenvalue weighted by Crippen LogP contribution is -2.35. The summed E-state index contributed by atoms with van der Waals surface area (Å²) in [5.74, 6) is 2.60. The zero-order chi connectivity index (χ0) is 23.6. The molecule has 0 amide bonds. The van der Waals surface area contributed by atoms with Gasteiger partial charge in [0.25, 0.3) is 0 Å². The van der Waals surface area contributed by atoms with Crippen LogP contribution in [0.2, 0.25) is 0 Å². The highest BCUT2D eigenvalue weighted by molar-refractivity contribution is 6.01. The van der Waals surface area contributed by atoms with Crippen molar-refractivity contribution in [3.63, 3.8) is 0 Å². The molecule has 1 aromatic heterocycles. The number of benzene rings is 1. The first-order valence-corrected chi connectivity index (χ1v) is 12.5. The molecule has 6 nitrogen and oxygen atoms in total. The van der Waals surface area contributed by atoms with E-state index in [2.05, 4.69) is 59.7 Å². The largest absolute Gasteiger partial charge is 0.494 e. The Balaban J connectivity index is 1.41. The van der Waals surface area contributed by atoms with Crippen molar-refractivity contribution in [1.82, 2.24) is 9.97 Å². The summed E-state index contributed by atoms with van der Waals surface area (Å²) >= 11 is 0. The molecule has 0 aliphatic carbocycles. The third kappa shape index (κ3) is 7.26. The van der Waals surface area contributed by atoms with Gasteiger partial charge in [-0.15, -0.1) is 0 Å². The highest BCUT2D eigenvalue weighted by Gasteiger charge is 2.20. The first kappa shape index (κ1) is 25.2. The molecule has 1 aromatic carbocycles. The van der Waals surface area contributed by atoms with Gasteiger partial charge >= 0.3 is 0 Å². The fourth-order valence-corrected chi connectivity index (χ4v) is 4.67. The van der Waals surface area contributed by atoms with Crippen LogP contribution in [0.1, 0.15) is 68.2 Å². The maximum atomic E-state index is 6.12. The van der Waals surface area contributed by atoms with Crippen LogP contribution >= 0.6 is 0 Å². The molecule has 0 bridgehead atoms. The molecular weight excluding hydrogens is 410 g/mol. The van der Waals surface area contributed by atoms with E-state index in [1.54, 1.807) is 0 Å². The minimum atomic E-state index is 0.682. The van der Waals surface area contributed by atoms with E-state index in [1.807, 2.05) is 12.4 Å². The Hall–Kier alpha value is -2.47. The van der Waals surface area contributed by atoms with Gasteiger partial charge in [-0.3, -0.25) is 4.99 Å². The molecule has 0 atom stereocenters. The monoisotopic (exact) mass is 451 g/mol. The van der Waals surface area contributed by atoms with Crippen molar-refractivity contribution >= 4 is 11.7 Å². The number of aryl methyl sites for hydroxylation is 3. The fraction of sp³-hybridized carbons (Fsp3) is 0.593. The average Bonchev–Trinajstić information content (AvgIpc) is 2.82. The zero-order valence-electron chi connectivity index (χ0n) is 20.9. The van der Waals surface area contributed by atoms with Crippen LogP contribution in [-0.4, -0.2) is 48.5 Å². The third-order valence-electron chi connectivity index (χ3n) is 6.60. The number of piperidine rings is 1. The number of hydrogen-bond acceptors (Lipinski definition) is 6. The molecule has 0 radical (unpaired) electrons. The first-order chi connectivity index (χ1) is 16.0. The van der Waals surface area contributed by atoms with Crippen LogP contribution in [0, 0.1) is 19.8 Å². The highest BCUT2D eigenvalue weighted by atomic mass is 16.5. The number of nitrogens with two attached hydrogens (primary N) is 1. The maximum Gasteiger partial charge on any atom is 0.225 e. The van der Waals surface area contributed by atoms with Crippen LogP contribution in [0.3, 0.4) is 0 Å². The lowest BCUT2D eigenvalue weighted by molar-refractivity contribution is 0.278. The van der Waals surface area contributed by atoms with E-state index >= 15 is 0 Å². The molecule has 2 N–H and O–H groups in total. The molecule has 0 spiro atoms. The lowest BCUT2D eigenvalue weighted by atomic mass is 9.92. The van der Waals surface area contributed by atoms with E-state index in [0.717, 1.165) is 68.8 Å². The summed E-state index contributed by atoms with van der Waals surface area (Å²) in [6, 6.07) is 4.29. The van der Waals surface area contributed by atoms with Gasteiger partial charge in [-0.25, -0.2) is 9.97 Å². The first-order valence-electron chi connectivity index (χ1n) is 12.5. The Morgan fingerprint density at radius 2 is 1.79 bits per heavy atom. The SMILES string of the molecule is CCc1cnc(N2CCC(CCCOc3cc(C)c(C(C)=NCCCN)c(C)c3)CC2)nc1. The summed E-state index contributed by atoms with van der Waals surface area (Å²) in [7, 11) is 0. The molecule has 1 aliphatic heterocycles. The molecular formula is C27H41N5O. The summed E-state index contributed by atoms with van der Waals surface area (Å²) < 4.78 is 6.12. The van der Waals surface area contributed by atoms with E-state index in [-0.39, 0.29) is 0 Å². The number of nitrogens with zero attached hydrogens (tertiary/aromatic N) is 4. The molecule has 1 fully saturated rings. The number of aromatic nitrogens is 2. The quantitative estimate of drug-likeness (QED) is 0.389. The second kappa shape index (κ2) is 12.7. The van der Waals surface area contributed by atoms with Gasteiger partial charge in [0, 0.05) is 43.3 Å². The van der Waals surface area contributed by atoms with Crippen molar-refractivity contribution in [2.45, 2.75) is 66.2 Å². The summed E-state index contributed by atoms with van der Waals surface area (Å²) in [6.45, 7) is 12.8. The molecule has 1 saturated heterocycles. The van der Waals surface area contributed by atoms with Crippen LogP contribution in [0.5, 0.6) is 5.75 Å². The average molecular weight is 452 g/mol. The zero-order valence-corrected chi connectivity index (χ0v) is 20.9. The van der Waals surface area contributed by atoms with Crippen LogP contribution in [0.25, 0.3) is 0 Å². The van der Waals surface area contributed by atoms with Gasteiger partial charge in [0.2, 0.25) is 5.95 Å². The van der Waals surface area contributed by atoms with Crippen molar-refractivity contribution in [3.05, 3.63) is 46.8 Å². The summed E-state index contributed by atoms with van der Waals surface area (Å²) in [4.78, 5) is 16.1. The predicted octanol–water partition coefficient (Wildman–Crippen LogP) is 4.89. The standard InChI is InChI=1S/C27H41N5O/c1-5-23-18-30-27(31-19-23)32-13-9-24(10-14-32)8-6-15-33-25-16-20(2)26(21(3)17-25)22(4)29-12-7-11-28/h16-19,24H,5-15,28H2,1-4H3. The second-order valence-corrected chi connectivity index (χ2v) is 9.21. The normalized spacial score (nSPS) is 15.2. The maximum absolute atomic E-state index is 6.12. The minimum absolute atomic E-state index is 0.682. The van der Waals surface area contributed by atoms with Gasteiger partial charge in [0.05, 0.1) is 6.61 Å². The lowest BCUT2D eigenvalue weighted by Gasteiger charge is -2.32. The number of aliphatic imine (C=N–C) groups is 1. The summed E-state index contributed by atoms with van der Waals surface area (Å²) in [6.07, 6.45) is 10.5. The highest BCUT2D eigenvalue weighted by Crippen LogP contribution is 2.26. The van der Waals surface area contributed by atoms with Gasteiger partial charge in [0.1, 0.15) is 5.75 Å². The molecule has 6 heteroatoms. The van der Waals surface area contributed by atoms with Crippen LogP contribution in [-0.2, 0) is 6.42 Å². The van der Waals surface area contributed by atoms with Crippen molar-refractivity contribution < 1.29 is 4.74 Å². The number of ether oxygens (including phenoxy) is 1. The molecule has 180 valence electrons. The number of anilines is 1. The summed E-state index contributed by atoms with van der Waals surface area (Å²) in [5, 5.41) is 0. The Morgan fingerprint density at radius 1 is 1.12 bits per heavy atom. The second-order valence-electron chi connectivity index (χ2n) is 9.21. The molecule has 1 aliphatic rings. The molecule has 3 rings (SSSR count). The predicted molar refractivity (Wildman–Crippen MR) is 138 cm³/mol. The molecule has 2 aromatic rings. The fourth-order valence-electron chi connectivity index (χ4n) is 4.67. The Bertz CT molecular complexity index is 878. The Morgan fingerprint density at radius 3 is 2.39 bits per heavy atom. The number of rotatable bonds is 11. The Kier molecular flexibility index (Phi) is 9.67. The van der Waals surface area contributed by atoms with E-state index in [0.29, 0.717) is 6.54 Å². The van der Waals surface area contributed by atoms with Crippen molar-refractivity contribution in [1.29, 1.82) is 0 Å². The van der Waals surface area contributed by atoms with Gasteiger partial charge in [-0.05, 0) is 101 Å². The van der Waals surface area contributed by atoms with Gasteiger partial charge < -0.3 is 15.4 Å². The molecule has 0 saturated carbocycles. The van der Waals surface area contributed by atoms with Gasteiger partial charge in [-0.1, -0.05) is 6.92 Å². The van der Waals surface area contributed by atoms with Crippen LogP contribution in [0.15, 0.2) is 29.5 Å². The van der Waals surface area contributed by atoms with Crippen molar-refractivity contribution in [3.8, 4) is 5.75 Å². The number of hydrogen-bond donors (Lipinski definition) is 1. The molecule has 33 heavy (non-hydrogen) atoms. The van der Waals surface area contributed by atoms with Crippen molar-refractivity contribution in [2.24, 2.45) is 16.6 Å². The third-order valence-corrected chi connectivity index (χ3v) is 6.60. The van der Waals surface area contributed by atoms with E-state index in [4.69, 9.17) is 10.5 Å². The molecule has 2 heterocycles. The van der Waals surface area contributed by atoms with E-state index in [9.17, 15) is 0 Å². The van der Waals surface area contributed by atoms with Crippen LogP contribution in [0.4, 0.5) is 5.95 Å². The molecule has 0 unspecified atom stereocenters. The van der Waals surface area contributed by atoms with E-state index < -0.39 is 0 Å². The van der Waals surface area contributed by atoms with E-state index in [1.165, 1.54) is 41.5 Å². The van der Waals surface area contributed by atoms with Crippen molar-refractivity contribution in [2.75, 3.05) is 37.7 Å². The van der Waals surface area contributed by atoms with Gasteiger partial charge in [-0.2, -0.15) is 0 Å². The summed E-state index contributed by atoms with van der Waals surface area (Å²) in [5.41, 5.74) is 11.5. The van der Waals surface area contributed by atoms with Crippen LogP contribution < -0.4 is 15.4 Å². The smallest absolute Gasteiger partial charge is 0.225 e. The Labute approximate surface area is 199 Å².